The van der Waals surface area contributed by atoms with Gasteiger partial charge in [0.2, 0.25) is 0 Å². The van der Waals surface area contributed by atoms with Crippen molar-refractivity contribution in [3.8, 4) is 11.3 Å². The largest absolute Gasteiger partial charge is 0.416 e. The molecule has 1 aromatic heterocycles. The van der Waals surface area contributed by atoms with Crippen LogP contribution in [0.15, 0.2) is 72.1 Å². The van der Waals surface area contributed by atoms with E-state index in [2.05, 4.69) is 20.5 Å². The molecule has 3 aromatic carbocycles. The molecule has 41 heavy (non-hydrogen) atoms. The van der Waals surface area contributed by atoms with E-state index in [1.165, 1.54) is 17.4 Å². The van der Waals surface area contributed by atoms with Crippen LogP contribution in [-0.4, -0.2) is 36.2 Å². The van der Waals surface area contributed by atoms with Crippen LogP contribution in [0.1, 0.15) is 35.3 Å². The Bertz CT molecular complexity index is 1530. The number of hydrogen-bond donors (Lipinski definition) is 2. The van der Waals surface area contributed by atoms with E-state index < -0.39 is 11.7 Å². The molecule has 1 amide bonds. The number of nitrogens with one attached hydrogen (secondary N) is 2. The minimum atomic E-state index is -4.39. The Morgan fingerprint density at radius 3 is 2.56 bits per heavy atom. The van der Waals surface area contributed by atoms with Crippen LogP contribution in [0, 0.1) is 0 Å². The number of carbonyl (C=O) groups is 1. The van der Waals surface area contributed by atoms with Gasteiger partial charge in [0.1, 0.15) is 0 Å². The number of amides is 1. The summed E-state index contributed by atoms with van der Waals surface area (Å²) in [6.07, 6.45) is -4.18. The van der Waals surface area contributed by atoms with Crippen molar-refractivity contribution in [3.05, 3.63) is 93.8 Å². The van der Waals surface area contributed by atoms with Crippen LogP contribution in [-0.2, 0) is 17.5 Å². The minimum Gasteiger partial charge on any atom is -0.372 e. The Morgan fingerprint density at radius 1 is 1.07 bits per heavy atom. The van der Waals surface area contributed by atoms with E-state index in [0.29, 0.717) is 32.7 Å². The van der Waals surface area contributed by atoms with Crippen LogP contribution in [0.4, 0.5) is 29.7 Å². The molecule has 5 rings (SSSR count). The summed E-state index contributed by atoms with van der Waals surface area (Å²) in [7, 11) is 0. The van der Waals surface area contributed by atoms with Gasteiger partial charge in [-0.3, -0.25) is 4.79 Å². The number of thiazole rings is 1. The number of anilines is 3. The number of morpholine rings is 1. The first-order valence-corrected chi connectivity index (χ1v) is 14.3. The van der Waals surface area contributed by atoms with Crippen molar-refractivity contribution in [1.82, 2.24) is 4.98 Å². The first kappa shape index (κ1) is 28.9. The number of carbonyl (C=O) groups excluding carboxylic acids is 1. The zero-order valence-corrected chi connectivity index (χ0v) is 23.9. The van der Waals surface area contributed by atoms with Crippen LogP contribution >= 0.6 is 22.9 Å². The molecule has 2 N–H and O–H groups in total. The summed E-state index contributed by atoms with van der Waals surface area (Å²) in [6.45, 7) is 5.76. The van der Waals surface area contributed by atoms with E-state index in [4.69, 9.17) is 16.3 Å². The Morgan fingerprint density at radius 2 is 1.83 bits per heavy atom. The van der Waals surface area contributed by atoms with Crippen LogP contribution < -0.4 is 15.5 Å². The Labute approximate surface area is 245 Å². The van der Waals surface area contributed by atoms with Crippen LogP contribution in [0.2, 0.25) is 5.02 Å². The molecule has 4 aromatic rings. The Kier molecular flexibility index (Phi) is 8.53. The van der Waals surface area contributed by atoms with Gasteiger partial charge in [-0.15, -0.1) is 11.3 Å². The number of rotatable bonds is 7. The highest BCUT2D eigenvalue weighted by Crippen LogP contribution is 2.31. The average Bonchev–Trinajstić information content (AvgIpc) is 3.40. The van der Waals surface area contributed by atoms with Gasteiger partial charge in [0.05, 0.1) is 34.1 Å². The molecule has 0 unspecified atom stereocenters. The third kappa shape index (κ3) is 7.19. The SMILES string of the molecule is C[C@@H]1CN(c2ccc(C(=O)Nc3cccc(-c4csc(NCc5cccc(C(F)(F)F)c5)n4)c3)c(Cl)c2)C[C@H](C)O1. The lowest BCUT2D eigenvalue weighted by Gasteiger charge is -2.37. The zero-order chi connectivity index (χ0) is 29.1. The summed E-state index contributed by atoms with van der Waals surface area (Å²) in [5, 5.41) is 8.76. The number of halogens is 4. The van der Waals surface area contributed by atoms with Gasteiger partial charge in [-0.05, 0) is 61.9 Å². The fourth-order valence-corrected chi connectivity index (χ4v) is 5.73. The molecule has 0 spiro atoms. The first-order chi connectivity index (χ1) is 19.5. The van der Waals surface area contributed by atoms with Crippen LogP contribution in [0.5, 0.6) is 0 Å². The maximum absolute atomic E-state index is 13.1. The summed E-state index contributed by atoms with van der Waals surface area (Å²) >= 11 is 7.87. The van der Waals surface area contributed by atoms with Gasteiger partial charge in [-0.1, -0.05) is 35.9 Å². The summed E-state index contributed by atoms with van der Waals surface area (Å²) in [4.78, 5) is 19.8. The third-order valence-corrected chi connectivity index (χ3v) is 7.71. The summed E-state index contributed by atoms with van der Waals surface area (Å²) < 4.78 is 44.8. The summed E-state index contributed by atoms with van der Waals surface area (Å²) in [5.41, 5.74) is 3.16. The smallest absolute Gasteiger partial charge is 0.372 e. The molecule has 2 atom stereocenters. The molecule has 214 valence electrons. The van der Waals surface area contributed by atoms with E-state index in [-0.39, 0.29) is 24.7 Å². The van der Waals surface area contributed by atoms with E-state index in [1.807, 2.05) is 43.5 Å². The monoisotopic (exact) mass is 600 g/mol. The number of aromatic nitrogens is 1. The summed E-state index contributed by atoms with van der Waals surface area (Å²) in [5.74, 6) is -0.330. The summed E-state index contributed by atoms with van der Waals surface area (Å²) in [6, 6.07) is 17.9. The predicted molar refractivity (Wildman–Crippen MR) is 158 cm³/mol. The molecule has 1 aliphatic rings. The number of benzene rings is 3. The molecule has 1 saturated heterocycles. The van der Waals surface area contributed by atoms with Crippen molar-refractivity contribution < 1.29 is 22.7 Å². The maximum Gasteiger partial charge on any atom is 0.416 e. The highest BCUT2D eigenvalue weighted by Gasteiger charge is 2.30. The Balaban J connectivity index is 1.23. The quantitative estimate of drug-likeness (QED) is 0.225. The molecule has 2 heterocycles. The van der Waals surface area contributed by atoms with Gasteiger partial charge in [-0.2, -0.15) is 13.2 Å². The van der Waals surface area contributed by atoms with Crippen molar-refractivity contribution >= 4 is 45.4 Å². The fraction of sp³-hybridized carbons (Fsp3) is 0.267. The second kappa shape index (κ2) is 12.1. The lowest BCUT2D eigenvalue weighted by molar-refractivity contribution is -0.137. The van der Waals surface area contributed by atoms with Crippen molar-refractivity contribution in [2.75, 3.05) is 28.6 Å². The van der Waals surface area contributed by atoms with Crippen LogP contribution in [0.3, 0.4) is 0 Å². The van der Waals surface area contributed by atoms with E-state index in [9.17, 15) is 18.0 Å². The molecule has 1 fully saturated rings. The van der Waals surface area contributed by atoms with Gasteiger partial charge in [0.25, 0.3) is 5.91 Å². The van der Waals surface area contributed by atoms with E-state index in [1.54, 1.807) is 24.3 Å². The van der Waals surface area contributed by atoms with Gasteiger partial charge < -0.3 is 20.3 Å². The molecule has 0 saturated carbocycles. The molecule has 0 aliphatic carbocycles. The normalized spacial score (nSPS) is 17.4. The first-order valence-electron chi connectivity index (χ1n) is 13.0. The third-order valence-electron chi connectivity index (χ3n) is 6.60. The average molecular weight is 601 g/mol. The molecule has 0 radical (unpaired) electrons. The van der Waals surface area contributed by atoms with Gasteiger partial charge in [-0.25, -0.2) is 4.98 Å². The molecule has 11 heteroatoms. The van der Waals surface area contributed by atoms with Crippen molar-refractivity contribution in [3.63, 3.8) is 0 Å². The second-order valence-electron chi connectivity index (χ2n) is 9.95. The highest BCUT2D eigenvalue weighted by molar-refractivity contribution is 7.14. The topological polar surface area (TPSA) is 66.5 Å². The molecule has 1 aliphatic heterocycles. The molecule has 6 nitrogen and oxygen atoms in total. The number of alkyl halides is 3. The number of ether oxygens (including phenoxy) is 1. The van der Waals surface area contributed by atoms with E-state index in [0.717, 1.165) is 36.5 Å². The van der Waals surface area contributed by atoms with Crippen molar-refractivity contribution in [2.24, 2.45) is 0 Å². The van der Waals surface area contributed by atoms with Crippen LogP contribution in [0.25, 0.3) is 11.3 Å². The van der Waals surface area contributed by atoms with E-state index >= 15 is 0 Å². The predicted octanol–water partition coefficient (Wildman–Crippen LogP) is 7.96. The standard InChI is InChI=1S/C30H28ClF3N4O2S/c1-18-15-38(16-19(2)40-18)24-9-10-25(26(31)13-24)28(39)36-23-8-4-6-21(12-23)27-17-41-29(37-27)35-14-20-5-3-7-22(11-20)30(32,33)34/h3-13,17-19H,14-16H2,1-2H3,(H,35,37)(H,36,39)/t18-,19+. The van der Waals surface area contributed by atoms with Crippen molar-refractivity contribution in [2.45, 2.75) is 38.8 Å². The van der Waals surface area contributed by atoms with Gasteiger partial charge >= 0.3 is 6.18 Å². The fourth-order valence-electron chi connectivity index (χ4n) is 4.75. The maximum atomic E-state index is 13.1. The lowest BCUT2D eigenvalue weighted by Crippen LogP contribution is -2.45. The highest BCUT2D eigenvalue weighted by atomic mass is 35.5. The lowest BCUT2D eigenvalue weighted by atomic mass is 10.1. The zero-order valence-electron chi connectivity index (χ0n) is 22.3. The molecular weight excluding hydrogens is 573 g/mol. The number of nitrogens with zero attached hydrogens (tertiary/aromatic N) is 2. The second-order valence-corrected chi connectivity index (χ2v) is 11.2. The number of hydrogen-bond acceptors (Lipinski definition) is 6. The molecule has 0 bridgehead atoms. The van der Waals surface area contributed by atoms with Crippen molar-refractivity contribution in [1.29, 1.82) is 0 Å². The Hall–Kier alpha value is -3.60. The minimum absolute atomic E-state index is 0.104. The van der Waals surface area contributed by atoms with Gasteiger partial charge in [0, 0.05) is 42.0 Å². The van der Waals surface area contributed by atoms with Gasteiger partial charge in [0.15, 0.2) is 5.13 Å². The molecular formula is C30H28ClF3N4O2S.